The summed E-state index contributed by atoms with van der Waals surface area (Å²) in [4.78, 5) is 4.80. The fraction of sp³-hybridized carbons (Fsp3) is 0.136. The molecule has 0 atom stereocenters. The molecule has 0 aliphatic carbocycles. The number of fused-ring (bicyclic) bond motifs is 1. The van der Waals surface area contributed by atoms with Gasteiger partial charge < -0.3 is 0 Å². The normalized spacial score (nSPS) is 12.9. The minimum absolute atomic E-state index is 0.931. The molecular formula is C22H19N. The van der Waals surface area contributed by atoms with Crippen molar-refractivity contribution in [1.82, 2.24) is 0 Å². The number of aryl methyl sites for hydroxylation is 2. The Balaban J connectivity index is 1.63. The van der Waals surface area contributed by atoms with Crippen LogP contribution in [-0.4, -0.2) is 5.71 Å². The van der Waals surface area contributed by atoms with Crippen LogP contribution in [0.1, 0.15) is 22.3 Å². The third-order valence-corrected chi connectivity index (χ3v) is 4.42. The summed E-state index contributed by atoms with van der Waals surface area (Å²) in [6, 6.07) is 23.9. The van der Waals surface area contributed by atoms with Gasteiger partial charge in [0.25, 0.3) is 0 Å². The molecule has 0 saturated carbocycles. The second-order valence-electron chi connectivity index (χ2n) is 6.31. The van der Waals surface area contributed by atoms with E-state index in [1.807, 2.05) is 0 Å². The summed E-state index contributed by atoms with van der Waals surface area (Å²) in [7, 11) is 0. The highest BCUT2D eigenvalue weighted by atomic mass is 14.8. The van der Waals surface area contributed by atoms with E-state index in [1.165, 1.54) is 39.1 Å². The van der Waals surface area contributed by atoms with Crippen molar-refractivity contribution in [3.05, 3.63) is 89.0 Å². The molecule has 0 N–H and O–H groups in total. The van der Waals surface area contributed by atoms with E-state index >= 15 is 0 Å². The molecule has 0 amide bonds. The lowest BCUT2D eigenvalue weighted by Crippen LogP contribution is -2.00. The first-order valence-corrected chi connectivity index (χ1v) is 8.04. The van der Waals surface area contributed by atoms with Gasteiger partial charge in [-0.1, -0.05) is 71.8 Å². The Morgan fingerprint density at radius 1 is 0.696 bits per heavy atom. The van der Waals surface area contributed by atoms with E-state index in [0.29, 0.717) is 0 Å². The number of aliphatic imine (C=N–C) groups is 1. The Morgan fingerprint density at radius 2 is 1.43 bits per heavy atom. The molecule has 0 radical (unpaired) electrons. The van der Waals surface area contributed by atoms with Crippen LogP contribution < -0.4 is 0 Å². The number of hydrogen-bond donors (Lipinski definition) is 0. The van der Waals surface area contributed by atoms with Gasteiger partial charge in [0.1, 0.15) is 0 Å². The standard InChI is InChI=1S/C22H19N/c1-15-4-3-5-19(12-15)17-7-9-18(10-8-17)22-14-20-13-16(2)6-11-21(20)23-22/h3-13H,14H2,1-2H3. The highest BCUT2D eigenvalue weighted by molar-refractivity contribution is 6.06. The maximum absolute atomic E-state index is 4.80. The first kappa shape index (κ1) is 14.0. The number of hydrogen-bond acceptors (Lipinski definition) is 1. The van der Waals surface area contributed by atoms with Gasteiger partial charge in [-0.05, 0) is 42.2 Å². The van der Waals surface area contributed by atoms with Crippen molar-refractivity contribution in [2.45, 2.75) is 20.3 Å². The first-order chi connectivity index (χ1) is 11.2. The summed E-state index contributed by atoms with van der Waals surface area (Å²) in [5.41, 5.74) is 9.95. The van der Waals surface area contributed by atoms with Crippen molar-refractivity contribution in [3.8, 4) is 11.1 Å². The van der Waals surface area contributed by atoms with E-state index in [-0.39, 0.29) is 0 Å². The molecule has 3 aromatic rings. The van der Waals surface area contributed by atoms with E-state index < -0.39 is 0 Å². The molecule has 1 heterocycles. The van der Waals surface area contributed by atoms with Crippen molar-refractivity contribution in [1.29, 1.82) is 0 Å². The second-order valence-corrected chi connectivity index (χ2v) is 6.31. The molecule has 1 aliphatic rings. The van der Waals surface area contributed by atoms with Crippen molar-refractivity contribution in [3.63, 3.8) is 0 Å². The van der Waals surface area contributed by atoms with E-state index in [1.54, 1.807) is 0 Å². The summed E-state index contributed by atoms with van der Waals surface area (Å²) >= 11 is 0. The Morgan fingerprint density at radius 3 is 2.22 bits per heavy atom. The van der Waals surface area contributed by atoms with E-state index in [9.17, 15) is 0 Å². The lowest BCUT2D eigenvalue weighted by Gasteiger charge is -2.05. The zero-order chi connectivity index (χ0) is 15.8. The molecule has 0 spiro atoms. The Labute approximate surface area is 137 Å². The van der Waals surface area contributed by atoms with Crippen LogP contribution in [0.25, 0.3) is 11.1 Å². The highest BCUT2D eigenvalue weighted by Gasteiger charge is 2.15. The predicted molar refractivity (Wildman–Crippen MR) is 97.7 cm³/mol. The van der Waals surface area contributed by atoms with Crippen LogP contribution in [-0.2, 0) is 6.42 Å². The Bertz CT molecular complexity index is 902. The van der Waals surface area contributed by atoms with Gasteiger partial charge in [0, 0.05) is 6.42 Å². The SMILES string of the molecule is Cc1cccc(-c2ccc(C3=Nc4ccc(C)cc4C3)cc2)c1. The van der Waals surface area contributed by atoms with Gasteiger partial charge in [0.2, 0.25) is 0 Å². The van der Waals surface area contributed by atoms with E-state index in [2.05, 4.69) is 80.6 Å². The van der Waals surface area contributed by atoms with Crippen LogP contribution in [0.3, 0.4) is 0 Å². The summed E-state index contributed by atoms with van der Waals surface area (Å²) in [6.45, 7) is 4.26. The average Bonchev–Trinajstić information content (AvgIpc) is 2.98. The number of rotatable bonds is 2. The number of nitrogens with zero attached hydrogens (tertiary/aromatic N) is 1. The fourth-order valence-electron chi connectivity index (χ4n) is 3.18. The molecule has 1 aliphatic heterocycles. The van der Waals surface area contributed by atoms with Crippen LogP contribution in [0.5, 0.6) is 0 Å². The second kappa shape index (κ2) is 5.51. The zero-order valence-corrected chi connectivity index (χ0v) is 13.5. The summed E-state index contributed by atoms with van der Waals surface area (Å²) in [5.74, 6) is 0. The van der Waals surface area contributed by atoms with Crippen LogP contribution in [0, 0.1) is 13.8 Å². The van der Waals surface area contributed by atoms with Crippen molar-refractivity contribution in [2.75, 3.05) is 0 Å². The molecular weight excluding hydrogens is 278 g/mol. The quantitative estimate of drug-likeness (QED) is 0.580. The average molecular weight is 297 g/mol. The zero-order valence-electron chi connectivity index (χ0n) is 13.5. The molecule has 0 saturated heterocycles. The Hall–Kier alpha value is -2.67. The van der Waals surface area contributed by atoms with Crippen LogP contribution in [0.2, 0.25) is 0 Å². The fourth-order valence-corrected chi connectivity index (χ4v) is 3.18. The van der Waals surface area contributed by atoms with Crippen LogP contribution in [0.15, 0.2) is 71.7 Å². The molecule has 0 unspecified atom stereocenters. The summed E-state index contributed by atoms with van der Waals surface area (Å²) < 4.78 is 0. The third kappa shape index (κ3) is 2.70. The van der Waals surface area contributed by atoms with Gasteiger partial charge in [-0.3, -0.25) is 4.99 Å². The largest absolute Gasteiger partial charge is 0.252 e. The van der Waals surface area contributed by atoms with Crippen molar-refractivity contribution in [2.24, 2.45) is 4.99 Å². The van der Waals surface area contributed by atoms with Gasteiger partial charge in [-0.2, -0.15) is 0 Å². The van der Waals surface area contributed by atoms with Crippen LogP contribution >= 0.6 is 0 Å². The molecule has 3 aromatic carbocycles. The van der Waals surface area contributed by atoms with Crippen molar-refractivity contribution < 1.29 is 0 Å². The van der Waals surface area contributed by atoms with E-state index in [0.717, 1.165) is 12.1 Å². The molecule has 0 aromatic heterocycles. The van der Waals surface area contributed by atoms with Gasteiger partial charge >= 0.3 is 0 Å². The molecule has 23 heavy (non-hydrogen) atoms. The molecule has 1 heteroatoms. The predicted octanol–water partition coefficient (Wildman–Crippen LogP) is 5.65. The maximum Gasteiger partial charge on any atom is 0.0669 e. The lowest BCUT2D eigenvalue weighted by atomic mass is 9.99. The van der Waals surface area contributed by atoms with Crippen LogP contribution in [0.4, 0.5) is 5.69 Å². The maximum atomic E-state index is 4.80. The summed E-state index contributed by atoms with van der Waals surface area (Å²) in [6.07, 6.45) is 0.931. The molecule has 0 fully saturated rings. The van der Waals surface area contributed by atoms with Gasteiger partial charge in [0.15, 0.2) is 0 Å². The minimum Gasteiger partial charge on any atom is -0.252 e. The lowest BCUT2D eigenvalue weighted by molar-refractivity contribution is 1.34. The summed E-state index contributed by atoms with van der Waals surface area (Å²) in [5, 5.41) is 0. The molecule has 1 nitrogen and oxygen atoms in total. The van der Waals surface area contributed by atoms with Gasteiger partial charge in [-0.15, -0.1) is 0 Å². The van der Waals surface area contributed by atoms with Gasteiger partial charge in [-0.25, -0.2) is 0 Å². The third-order valence-electron chi connectivity index (χ3n) is 4.42. The minimum atomic E-state index is 0.931. The molecule has 112 valence electrons. The highest BCUT2D eigenvalue weighted by Crippen LogP contribution is 2.30. The molecule has 4 rings (SSSR count). The Kier molecular flexibility index (Phi) is 3.34. The van der Waals surface area contributed by atoms with E-state index in [4.69, 9.17) is 4.99 Å². The number of benzene rings is 3. The first-order valence-electron chi connectivity index (χ1n) is 8.04. The monoisotopic (exact) mass is 297 g/mol. The topological polar surface area (TPSA) is 12.4 Å². The molecule has 0 bridgehead atoms. The van der Waals surface area contributed by atoms with Gasteiger partial charge in [0.05, 0.1) is 11.4 Å². The van der Waals surface area contributed by atoms with Crippen molar-refractivity contribution >= 4 is 11.4 Å². The smallest absolute Gasteiger partial charge is 0.0669 e.